The van der Waals surface area contributed by atoms with Gasteiger partial charge in [0.2, 0.25) is 10.0 Å². The number of nitrogens with zero attached hydrogens (tertiary/aromatic N) is 2. The topological polar surface area (TPSA) is 84.5 Å². The molecule has 0 amide bonds. The maximum Gasteiger partial charge on any atom is 0.243 e. The van der Waals surface area contributed by atoms with Crippen molar-refractivity contribution in [3.63, 3.8) is 0 Å². The van der Waals surface area contributed by atoms with Crippen molar-refractivity contribution in [1.82, 2.24) is 14.5 Å². The molecule has 0 unspecified atom stereocenters. The number of hydrogen-bond acceptors (Lipinski definition) is 5. The third-order valence-electron chi connectivity index (χ3n) is 4.30. The zero-order valence-corrected chi connectivity index (χ0v) is 14.4. The quantitative estimate of drug-likeness (QED) is 0.893. The molecule has 1 aromatic carbocycles. The monoisotopic (exact) mass is 369 g/mol. The van der Waals surface area contributed by atoms with E-state index in [4.69, 9.17) is 21.1 Å². The minimum absolute atomic E-state index is 0.191. The number of nitrogens with one attached hydrogen (secondary N) is 1. The highest BCUT2D eigenvalue weighted by Gasteiger charge is 2.45. The molecule has 1 aromatic heterocycles. The molecule has 1 saturated heterocycles. The smallest absolute Gasteiger partial charge is 0.243 e. The van der Waals surface area contributed by atoms with Gasteiger partial charge in [-0.25, -0.2) is 8.42 Å². The number of ether oxygens (including phenoxy) is 2. The second kappa shape index (κ2) is 5.82. The first kappa shape index (κ1) is 16.0. The minimum Gasteiger partial charge on any atom is -0.322 e. The molecule has 0 saturated carbocycles. The number of hydrogen-bond donors (Lipinski definition) is 1. The van der Waals surface area contributed by atoms with Crippen LogP contribution in [0.15, 0.2) is 35.4 Å². The Hall–Kier alpha value is -1.45. The van der Waals surface area contributed by atoms with E-state index in [9.17, 15) is 8.42 Å². The first-order valence-electron chi connectivity index (χ1n) is 7.54. The van der Waals surface area contributed by atoms with Gasteiger partial charge >= 0.3 is 0 Å². The Morgan fingerprint density at radius 2 is 2.00 bits per heavy atom. The van der Waals surface area contributed by atoms with Gasteiger partial charge in [-0.15, -0.1) is 0 Å². The van der Waals surface area contributed by atoms with Crippen molar-refractivity contribution in [2.24, 2.45) is 0 Å². The Morgan fingerprint density at radius 1 is 1.29 bits per heavy atom. The van der Waals surface area contributed by atoms with E-state index in [0.717, 1.165) is 11.3 Å². The molecular formula is C15H16ClN3O4S. The summed E-state index contributed by atoms with van der Waals surface area (Å²) in [5.74, 6) is 0. The second-order valence-corrected chi connectivity index (χ2v) is 8.18. The van der Waals surface area contributed by atoms with Gasteiger partial charge in [-0.1, -0.05) is 11.6 Å². The molecule has 128 valence electrons. The Bertz CT molecular complexity index is 846. The number of rotatable bonds is 3. The molecule has 2 aliphatic heterocycles. The van der Waals surface area contributed by atoms with Crippen LogP contribution in [0.4, 0.5) is 0 Å². The summed E-state index contributed by atoms with van der Waals surface area (Å²) < 4.78 is 38.8. The lowest BCUT2D eigenvalue weighted by atomic mass is 10.0. The predicted molar refractivity (Wildman–Crippen MR) is 85.7 cm³/mol. The van der Waals surface area contributed by atoms with Gasteiger partial charge in [0, 0.05) is 29.2 Å². The van der Waals surface area contributed by atoms with E-state index < -0.39 is 22.4 Å². The van der Waals surface area contributed by atoms with Gasteiger partial charge in [0.05, 0.1) is 17.1 Å². The van der Waals surface area contributed by atoms with Crippen LogP contribution in [0.5, 0.6) is 0 Å². The molecule has 7 nitrogen and oxygen atoms in total. The molecule has 1 fully saturated rings. The molecule has 1 atom stereocenters. The molecule has 0 spiro atoms. The average molecular weight is 370 g/mol. The van der Waals surface area contributed by atoms with Crippen LogP contribution >= 0.6 is 11.6 Å². The van der Waals surface area contributed by atoms with Crippen LogP contribution in [0, 0.1) is 0 Å². The summed E-state index contributed by atoms with van der Waals surface area (Å²) in [6, 6.07) is 5.69. The summed E-state index contributed by atoms with van der Waals surface area (Å²) in [5.41, 5.74) is 1.77. The second-order valence-electron chi connectivity index (χ2n) is 5.86. The number of H-pyrrole nitrogens is 1. The van der Waals surface area contributed by atoms with Crippen molar-refractivity contribution in [3.05, 3.63) is 46.7 Å². The molecule has 9 heteroatoms. The fourth-order valence-electron chi connectivity index (χ4n) is 3.05. The lowest BCUT2D eigenvalue weighted by Gasteiger charge is -2.44. The minimum atomic E-state index is -3.71. The van der Waals surface area contributed by atoms with Crippen molar-refractivity contribution in [1.29, 1.82) is 0 Å². The Kier molecular flexibility index (Phi) is 3.89. The Labute approximate surface area is 144 Å². The van der Waals surface area contributed by atoms with Crippen molar-refractivity contribution in [2.75, 3.05) is 0 Å². The molecule has 4 rings (SSSR count). The number of halogens is 1. The van der Waals surface area contributed by atoms with Gasteiger partial charge < -0.3 is 9.47 Å². The van der Waals surface area contributed by atoms with Gasteiger partial charge in [0.1, 0.15) is 0 Å². The molecule has 2 aliphatic rings. The SMILES string of the molecule is CC1OC([C@H]2Cc3[nH]ncc3CN2S(=O)(=O)c2ccc(Cl)cc2)O1. The van der Waals surface area contributed by atoms with Gasteiger partial charge in [0.25, 0.3) is 0 Å². The molecule has 1 N–H and O–H groups in total. The number of benzene rings is 1. The number of aromatic amines is 1. The average Bonchev–Trinajstić information content (AvgIpc) is 2.98. The van der Waals surface area contributed by atoms with Crippen LogP contribution in [0.3, 0.4) is 0 Å². The maximum atomic E-state index is 13.1. The standard InChI is InChI=1S/C15H16ClN3O4S/c1-9-22-15(23-9)14-6-13-10(7-17-18-13)8-19(14)24(20,21)12-4-2-11(16)3-5-12/h2-5,7,9,14-15H,6,8H2,1H3,(H,17,18)/t9?,14-,15?/m1/s1. The van der Waals surface area contributed by atoms with Crippen molar-refractivity contribution in [3.8, 4) is 0 Å². The summed E-state index contributed by atoms with van der Waals surface area (Å²) in [6.45, 7) is 2.00. The van der Waals surface area contributed by atoms with E-state index in [-0.39, 0.29) is 17.7 Å². The molecule has 3 heterocycles. The predicted octanol–water partition coefficient (Wildman–Crippen LogP) is 1.90. The first-order valence-corrected chi connectivity index (χ1v) is 9.36. The Balaban J connectivity index is 1.71. The van der Waals surface area contributed by atoms with Crippen LogP contribution in [-0.2, 0) is 32.5 Å². The van der Waals surface area contributed by atoms with Crippen LogP contribution < -0.4 is 0 Å². The number of fused-ring (bicyclic) bond motifs is 1. The highest BCUT2D eigenvalue weighted by molar-refractivity contribution is 7.89. The summed E-state index contributed by atoms with van der Waals surface area (Å²) >= 11 is 5.87. The zero-order chi connectivity index (χ0) is 16.9. The third kappa shape index (κ3) is 2.64. The molecule has 0 radical (unpaired) electrons. The molecule has 0 aliphatic carbocycles. The van der Waals surface area contributed by atoms with Crippen LogP contribution in [0.1, 0.15) is 18.2 Å². The summed E-state index contributed by atoms with van der Waals surface area (Å²) in [4.78, 5) is 0.191. The number of aromatic nitrogens is 2. The summed E-state index contributed by atoms with van der Waals surface area (Å²) in [6.07, 6.45) is 1.21. The van der Waals surface area contributed by atoms with Crippen LogP contribution in [0.25, 0.3) is 0 Å². The van der Waals surface area contributed by atoms with Gasteiger partial charge in [-0.3, -0.25) is 5.10 Å². The molecule has 24 heavy (non-hydrogen) atoms. The maximum absolute atomic E-state index is 13.1. The number of sulfonamides is 1. The highest BCUT2D eigenvalue weighted by Crippen LogP contribution is 2.34. The fourth-order valence-corrected chi connectivity index (χ4v) is 4.77. The lowest BCUT2D eigenvalue weighted by Crippen LogP contribution is -2.57. The lowest BCUT2D eigenvalue weighted by molar-refractivity contribution is -0.389. The zero-order valence-electron chi connectivity index (χ0n) is 12.8. The van der Waals surface area contributed by atoms with Gasteiger partial charge in [-0.05, 0) is 31.2 Å². The van der Waals surface area contributed by atoms with Crippen LogP contribution in [-0.4, -0.2) is 41.5 Å². The third-order valence-corrected chi connectivity index (χ3v) is 6.44. The largest absolute Gasteiger partial charge is 0.322 e. The van der Waals surface area contributed by atoms with E-state index in [0.29, 0.717) is 11.4 Å². The molecule has 0 bridgehead atoms. The van der Waals surface area contributed by atoms with Crippen molar-refractivity contribution >= 4 is 21.6 Å². The first-order chi connectivity index (χ1) is 11.4. The van der Waals surface area contributed by atoms with Crippen molar-refractivity contribution in [2.45, 2.75) is 43.4 Å². The Morgan fingerprint density at radius 3 is 2.67 bits per heavy atom. The van der Waals surface area contributed by atoms with E-state index in [2.05, 4.69) is 10.2 Å². The highest BCUT2D eigenvalue weighted by atomic mass is 35.5. The van der Waals surface area contributed by atoms with E-state index >= 15 is 0 Å². The summed E-state index contributed by atoms with van der Waals surface area (Å²) in [7, 11) is -3.71. The molecular weight excluding hydrogens is 354 g/mol. The van der Waals surface area contributed by atoms with Crippen molar-refractivity contribution < 1.29 is 17.9 Å². The van der Waals surface area contributed by atoms with Gasteiger partial charge in [0.15, 0.2) is 12.6 Å². The molecule has 2 aromatic rings. The van der Waals surface area contributed by atoms with Crippen LogP contribution in [0.2, 0.25) is 5.02 Å². The van der Waals surface area contributed by atoms with E-state index in [1.807, 2.05) is 0 Å². The summed E-state index contributed by atoms with van der Waals surface area (Å²) in [5, 5.41) is 7.42. The van der Waals surface area contributed by atoms with Gasteiger partial charge in [-0.2, -0.15) is 9.40 Å². The normalized spacial score (nSPS) is 27.5. The fraction of sp³-hybridized carbons (Fsp3) is 0.400. The van der Waals surface area contributed by atoms with E-state index in [1.165, 1.54) is 16.4 Å². The van der Waals surface area contributed by atoms with E-state index in [1.54, 1.807) is 25.3 Å².